The summed E-state index contributed by atoms with van der Waals surface area (Å²) in [6.45, 7) is -0.643. The first kappa shape index (κ1) is 26.5. The van der Waals surface area contributed by atoms with Gasteiger partial charge in [0.05, 0.1) is 34.3 Å². The molecule has 4 rings (SSSR count). The molecular formula is C25H20ClN5O6S. The lowest BCUT2D eigenvalue weighted by molar-refractivity contribution is -0.384. The van der Waals surface area contributed by atoms with E-state index >= 15 is 0 Å². The third kappa shape index (κ3) is 5.88. The van der Waals surface area contributed by atoms with Crippen LogP contribution in [-0.2, 0) is 14.8 Å². The van der Waals surface area contributed by atoms with Crippen molar-refractivity contribution in [2.75, 3.05) is 18.0 Å². The third-order valence-electron chi connectivity index (χ3n) is 5.37. The number of rotatable bonds is 9. The highest BCUT2D eigenvalue weighted by Gasteiger charge is 2.27. The van der Waals surface area contributed by atoms with Crippen LogP contribution >= 0.6 is 11.6 Å². The average Bonchev–Trinajstić information content (AvgIpc) is 2.92. The maximum absolute atomic E-state index is 13.3. The van der Waals surface area contributed by atoms with Crippen LogP contribution in [0, 0.1) is 10.1 Å². The van der Waals surface area contributed by atoms with Crippen molar-refractivity contribution in [3.8, 4) is 5.75 Å². The van der Waals surface area contributed by atoms with Crippen molar-refractivity contribution in [1.82, 2.24) is 10.4 Å². The minimum absolute atomic E-state index is 0.0553. The Bertz CT molecular complexity index is 1630. The Balaban J connectivity index is 1.56. The zero-order valence-electron chi connectivity index (χ0n) is 19.8. The Morgan fingerprint density at radius 2 is 1.84 bits per heavy atom. The number of hydrazone groups is 1. The number of aromatic nitrogens is 1. The molecule has 1 amide bonds. The lowest BCUT2D eigenvalue weighted by Crippen LogP contribution is -2.39. The Kier molecular flexibility index (Phi) is 7.84. The number of nitrogens with zero attached hydrogens (tertiary/aromatic N) is 4. The van der Waals surface area contributed by atoms with E-state index < -0.39 is 27.4 Å². The number of nitro benzene ring substituents is 1. The molecule has 1 N–H and O–H groups in total. The number of sulfonamides is 1. The summed E-state index contributed by atoms with van der Waals surface area (Å²) in [4.78, 5) is 27.4. The molecule has 0 radical (unpaired) electrons. The molecule has 0 unspecified atom stereocenters. The predicted octanol–water partition coefficient (Wildman–Crippen LogP) is 4.15. The van der Waals surface area contributed by atoms with Gasteiger partial charge in [-0.15, -0.1) is 0 Å². The Labute approximate surface area is 222 Å². The SMILES string of the molecule is COc1ccc2cc(/C=N\NC(=O)CN(c3ccc([N+](=O)[O-])cc3)S(=O)(=O)c3ccccc3)c(Cl)nc2c1. The summed E-state index contributed by atoms with van der Waals surface area (Å²) < 4.78 is 32.7. The van der Waals surface area contributed by atoms with Gasteiger partial charge in [0.2, 0.25) is 0 Å². The molecule has 4 aromatic rings. The number of fused-ring (bicyclic) bond motifs is 1. The van der Waals surface area contributed by atoms with E-state index in [-0.39, 0.29) is 21.4 Å². The highest BCUT2D eigenvalue weighted by molar-refractivity contribution is 7.92. The summed E-state index contributed by atoms with van der Waals surface area (Å²) in [5.74, 6) is -0.133. The largest absolute Gasteiger partial charge is 0.497 e. The molecule has 0 saturated carbocycles. The molecule has 194 valence electrons. The van der Waals surface area contributed by atoms with Gasteiger partial charge in [-0.1, -0.05) is 29.8 Å². The summed E-state index contributed by atoms with van der Waals surface area (Å²) in [5.41, 5.74) is 3.17. The van der Waals surface area contributed by atoms with Gasteiger partial charge in [0.1, 0.15) is 17.4 Å². The molecule has 1 heterocycles. The number of halogens is 1. The highest BCUT2D eigenvalue weighted by Crippen LogP contribution is 2.26. The molecule has 38 heavy (non-hydrogen) atoms. The van der Waals surface area contributed by atoms with Crippen LogP contribution in [0.4, 0.5) is 11.4 Å². The zero-order valence-corrected chi connectivity index (χ0v) is 21.4. The number of hydrogen-bond donors (Lipinski definition) is 1. The van der Waals surface area contributed by atoms with Crippen molar-refractivity contribution < 1.29 is 22.9 Å². The summed E-state index contributed by atoms with van der Waals surface area (Å²) in [6, 6.07) is 19.3. The van der Waals surface area contributed by atoms with E-state index in [1.807, 2.05) is 0 Å². The number of carbonyl (C=O) groups is 1. The minimum Gasteiger partial charge on any atom is -0.497 e. The summed E-state index contributed by atoms with van der Waals surface area (Å²) in [5, 5.41) is 15.8. The standard InChI is InChI=1S/C25H20ClN5O6S/c1-37-21-12-7-17-13-18(25(26)28-23(17)14-21)15-27-29-24(32)16-30(19-8-10-20(11-9-19)31(33)34)38(35,36)22-5-3-2-4-6-22/h2-15H,16H2,1H3,(H,29,32)/b27-15-. The molecule has 0 aliphatic heterocycles. The van der Waals surface area contributed by atoms with Gasteiger partial charge in [-0.05, 0) is 42.5 Å². The zero-order chi connectivity index (χ0) is 27.3. The minimum atomic E-state index is -4.19. The Hall–Kier alpha value is -4.55. The highest BCUT2D eigenvalue weighted by atomic mass is 35.5. The number of ether oxygens (including phenoxy) is 1. The van der Waals surface area contributed by atoms with Crippen molar-refractivity contribution in [3.63, 3.8) is 0 Å². The fourth-order valence-corrected chi connectivity index (χ4v) is 5.11. The maximum atomic E-state index is 13.3. The Morgan fingerprint density at radius 3 is 2.50 bits per heavy atom. The van der Waals surface area contributed by atoms with E-state index in [4.69, 9.17) is 16.3 Å². The van der Waals surface area contributed by atoms with Crippen LogP contribution in [0.5, 0.6) is 5.75 Å². The number of nitro groups is 1. The molecule has 3 aromatic carbocycles. The number of carbonyl (C=O) groups excluding carboxylic acids is 1. The molecule has 0 bridgehead atoms. The van der Waals surface area contributed by atoms with Gasteiger partial charge < -0.3 is 4.74 Å². The van der Waals surface area contributed by atoms with Gasteiger partial charge in [-0.3, -0.25) is 19.2 Å². The lowest BCUT2D eigenvalue weighted by atomic mass is 10.1. The molecule has 0 aliphatic carbocycles. The number of nitrogens with one attached hydrogen (secondary N) is 1. The van der Waals surface area contributed by atoms with Crippen molar-refractivity contribution >= 4 is 56.0 Å². The second-order valence-electron chi connectivity index (χ2n) is 7.82. The number of pyridine rings is 1. The van der Waals surface area contributed by atoms with Crippen molar-refractivity contribution in [3.05, 3.63) is 99.7 Å². The van der Waals surface area contributed by atoms with Gasteiger partial charge in [0.25, 0.3) is 21.6 Å². The number of methoxy groups -OCH3 is 1. The van der Waals surface area contributed by atoms with E-state index in [2.05, 4.69) is 15.5 Å². The van der Waals surface area contributed by atoms with E-state index in [0.29, 0.717) is 16.8 Å². The molecule has 0 spiro atoms. The van der Waals surface area contributed by atoms with Gasteiger partial charge >= 0.3 is 0 Å². The number of hydrogen-bond acceptors (Lipinski definition) is 8. The van der Waals surface area contributed by atoms with Gasteiger partial charge in [-0.2, -0.15) is 5.10 Å². The van der Waals surface area contributed by atoms with Crippen LogP contribution < -0.4 is 14.5 Å². The first-order valence-electron chi connectivity index (χ1n) is 11.0. The van der Waals surface area contributed by atoms with E-state index in [1.165, 1.54) is 30.5 Å². The lowest BCUT2D eigenvalue weighted by Gasteiger charge is -2.23. The summed E-state index contributed by atoms with van der Waals surface area (Å²) in [6.07, 6.45) is 1.29. The molecule has 1 aromatic heterocycles. The fraction of sp³-hybridized carbons (Fsp3) is 0.0800. The van der Waals surface area contributed by atoms with Crippen LogP contribution in [0.1, 0.15) is 5.56 Å². The molecule has 0 fully saturated rings. The van der Waals surface area contributed by atoms with Crippen LogP contribution in [0.15, 0.2) is 88.9 Å². The third-order valence-corrected chi connectivity index (χ3v) is 7.46. The normalized spacial score (nSPS) is 11.4. The maximum Gasteiger partial charge on any atom is 0.269 e. The van der Waals surface area contributed by atoms with E-state index in [9.17, 15) is 23.3 Å². The number of anilines is 1. The smallest absolute Gasteiger partial charge is 0.269 e. The molecule has 0 aliphatic rings. The average molecular weight is 554 g/mol. The molecule has 0 atom stereocenters. The van der Waals surface area contributed by atoms with Crippen molar-refractivity contribution in [2.45, 2.75) is 4.90 Å². The molecule has 11 nitrogen and oxygen atoms in total. The van der Waals surface area contributed by atoms with Crippen molar-refractivity contribution in [1.29, 1.82) is 0 Å². The monoisotopic (exact) mass is 553 g/mol. The second kappa shape index (κ2) is 11.2. The topological polar surface area (TPSA) is 144 Å². The molecule has 0 saturated heterocycles. The van der Waals surface area contributed by atoms with Gasteiger partial charge in [-0.25, -0.2) is 18.8 Å². The van der Waals surface area contributed by atoms with E-state index in [1.54, 1.807) is 49.6 Å². The second-order valence-corrected chi connectivity index (χ2v) is 10.0. The summed E-state index contributed by atoms with van der Waals surface area (Å²) >= 11 is 6.25. The number of amides is 1. The quantitative estimate of drug-likeness (QED) is 0.142. The first-order chi connectivity index (χ1) is 18.2. The van der Waals surface area contributed by atoms with Crippen LogP contribution in [-0.4, -0.2) is 44.1 Å². The number of non-ortho nitro benzene ring substituents is 1. The van der Waals surface area contributed by atoms with E-state index in [0.717, 1.165) is 21.8 Å². The van der Waals surface area contributed by atoms with Gasteiger partial charge in [0, 0.05) is 29.1 Å². The first-order valence-corrected chi connectivity index (χ1v) is 12.8. The fourth-order valence-electron chi connectivity index (χ4n) is 3.47. The molecular weight excluding hydrogens is 534 g/mol. The van der Waals surface area contributed by atoms with Crippen LogP contribution in [0.25, 0.3) is 10.9 Å². The predicted molar refractivity (Wildman–Crippen MR) is 143 cm³/mol. The Morgan fingerprint density at radius 1 is 1.13 bits per heavy atom. The van der Waals surface area contributed by atoms with Crippen LogP contribution in [0.3, 0.4) is 0 Å². The molecule has 13 heteroatoms. The van der Waals surface area contributed by atoms with Crippen LogP contribution in [0.2, 0.25) is 5.15 Å². The number of benzene rings is 3. The van der Waals surface area contributed by atoms with Gasteiger partial charge in [0.15, 0.2) is 0 Å². The van der Waals surface area contributed by atoms with Crippen molar-refractivity contribution in [2.24, 2.45) is 5.10 Å². The summed E-state index contributed by atoms with van der Waals surface area (Å²) in [7, 11) is -2.64.